The van der Waals surface area contributed by atoms with Crippen molar-refractivity contribution >= 4 is 5.69 Å². The Morgan fingerprint density at radius 2 is 1.80 bits per heavy atom. The van der Waals surface area contributed by atoms with E-state index in [9.17, 15) is 10.1 Å². The normalized spacial score (nSPS) is 10.1. The van der Waals surface area contributed by atoms with Crippen LogP contribution in [0.4, 0.5) is 5.69 Å². The Balaban J connectivity index is 2.34. The zero-order valence-electron chi connectivity index (χ0n) is 10.8. The molecule has 0 saturated heterocycles. The number of hydrogen-bond acceptors (Lipinski definition) is 5. The van der Waals surface area contributed by atoms with Gasteiger partial charge in [-0.3, -0.25) is 10.1 Å². The molecule has 0 amide bonds. The number of aliphatic hydroxyl groups excluding tert-OH is 1. The van der Waals surface area contributed by atoms with Crippen molar-refractivity contribution in [3.05, 3.63) is 58.1 Å². The highest BCUT2D eigenvalue weighted by Gasteiger charge is 2.22. The van der Waals surface area contributed by atoms with Crippen LogP contribution in [0.5, 0.6) is 17.2 Å². The standard InChI is InChI=1S/C14H13NO5/c1-19-12-3-2-4-13(14(12)15(17)18)20-11-7-5-10(9-16)6-8-11/h2-8,16H,9H2,1H3. The molecule has 0 heterocycles. The molecular weight excluding hydrogens is 262 g/mol. The first kappa shape index (κ1) is 13.8. The average molecular weight is 275 g/mol. The van der Waals surface area contributed by atoms with E-state index in [0.717, 1.165) is 5.56 Å². The maximum Gasteiger partial charge on any atom is 0.352 e. The highest BCUT2D eigenvalue weighted by molar-refractivity contribution is 5.58. The fraction of sp³-hybridized carbons (Fsp3) is 0.143. The number of benzene rings is 2. The van der Waals surface area contributed by atoms with Crippen molar-refractivity contribution in [1.29, 1.82) is 0 Å². The molecule has 2 aromatic carbocycles. The molecule has 6 heteroatoms. The lowest BCUT2D eigenvalue weighted by atomic mass is 10.2. The minimum absolute atomic E-state index is 0.0699. The second kappa shape index (κ2) is 6.03. The van der Waals surface area contributed by atoms with Crippen LogP contribution in [0, 0.1) is 10.1 Å². The van der Waals surface area contributed by atoms with Gasteiger partial charge in [0, 0.05) is 0 Å². The summed E-state index contributed by atoms with van der Waals surface area (Å²) in [6.07, 6.45) is 0. The summed E-state index contributed by atoms with van der Waals surface area (Å²) in [6.45, 7) is -0.0699. The predicted molar refractivity (Wildman–Crippen MR) is 72.1 cm³/mol. The maximum absolute atomic E-state index is 11.1. The van der Waals surface area contributed by atoms with Gasteiger partial charge in [0.05, 0.1) is 18.6 Å². The Kier molecular flexibility index (Phi) is 4.17. The Hall–Kier alpha value is -2.60. The van der Waals surface area contributed by atoms with Crippen LogP contribution in [0.1, 0.15) is 5.56 Å². The van der Waals surface area contributed by atoms with Gasteiger partial charge in [0.25, 0.3) is 0 Å². The van der Waals surface area contributed by atoms with E-state index in [0.29, 0.717) is 5.75 Å². The highest BCUT2D eigenvalue weighted by Crippen LogP contribution is 2.38. The summed E-state index contributed by atoms with van der Waals surface area (Å²) in [5, 5.41) is 20.1. The molecule has 0 aliphatic carbocycles. The maximum atomic E-state index is 11.1. The first-order chi connectivity index (χ1) is 9.65. The van der Waals surface area contributed by atoms with Crippen LogP contribution >= 0.6 is 0 Å². The van der Waals surface area contributed by atoms with Gasteiger partial charge in [-0.2, -0.15) is 0 Å². The lowest BCUT2D eigenvalue weighted by molar-refractivity contribution is -0.386. The number of para-hydroxylation sites is 1. The number of rotatable bonds is 5. The molecule has 0 aliphatic rings. The molecule has 0 aliphatic heterocycles. The molecule has 0 saturated carbocycles. The third-order valence-electron chi connectivity index (χ3n) is 2.70. The van der Waals surface area contributed by atoms with Crippen LogP contribution in [0.2, 0.25) is 0 Å². The molecule has 104 valence electrons. The van der Waals surface area contributed by atoms with E-state index in [2.05, 4.69) is 0 Å². The van der Waals surface area contributed by atoms with Crippen molar-refractivity contribution in [3.8, 4) is 17.2 Å². The summed E-state index contributed by atoms with van der Waals surface area (Å²) in [5.74, 6) is 0.684. The van der Waals surface area contributed by atoms with E-state index >= 15 is 0 Å². The molecule has 2 rings (SSSR count). The molecule has 6 nitrogen and oxygen atoms in total. The molecule has 2 aromatic rings. The van der Waals surface area contributed by atoms with Gasteiger partial charge < -0.3 is 14.6 Å². The van der Waals surface area contributed by atoms with Crippen LogP contribution in [-0.2, 0) is 6.61 Å². The number of hydrogen-bond donors (Lipinski definition) is 1. The summed E-state index contributed by atoms with van der Waals surface area (Å²) in [7, 11) is 1.36. The van der Waals surface area contributed by atoms with Gasteiger partial charge in [-0.1, -0.05) is 18.2 Å². The number of aliphatic hydroxyl groups is 1. The molecular formula is C14H13NO5. The van der Waals surface area contributed by atoms with E-state index in [1.165, 1.54) is 19.2 Å². The average Bonchev–Trinajstić information content (AvgIpc) is 2.47. The number of ether oxygens (including phenoxy) is 2. The summed E-state index contributed by atoms with van der Waals surface area (Å²) >= 11 is 0. The van der Waals surface area contributed by atoms with E-state index in [1.54, 1.807) is 30.3 Å². The van der Waals surface area contributed by atoms with Gasteiger partial charge >= 0.3 is 5.69 Å². The number of methoxy groups -OCH3 is 1. The highest BCUT2D eigenvalue weighted by atomic mass is 16.6. The van der Waals surface area contributed by atoms with E-state index in [1.807, 2.05) is 0 Å². The summed E-state index contributed by atoms with van der Waals surface area (Å²) in [5.41, 5.74) is 0.513. The Morgan fingerprint density at radius 1 is 1.15 bits per heavy atom. The molecule has 0 radical (unpaired) electrons. The van der Waals surface area contributed by atoms with Gasteiger partial charge in [0.15, 0.2) is 0 Å². The Labute approximate surface area is 115 Å². The quantitative estimate of drug-likeness (QED) is 0.670. The van der Waals surface area contributed by atoms with Gasteiger partial charge in [0.1, 0.15) is 5.75 Å². The number of nitro benzene ring substituents is 1. The monoisotopic (exact) mass is 275 g/mol. The summed E-state index contributed by atoms with van der Waals surface area (Å²) in [4.78, 5) is 10.6. The van der Waals surface area contributed by atoms with Gasteiger partial charge in [0.2, 0.25) is 11.5 Å². The SMILES string of the molecule is COc1cccc(Oc2ccc(CO)cc2)c1[N+](=O)[O-]. The first-order valence-electron chi connectivity index (χ1n) is 5.84. The minimum atomic E-state index is -0.545. The molecule has 0 atom stereocenters. The second-order valence-electron chi connectivity index (χ2n) is 3.97. The minimum Gasteiger partial charge on any atom is -0.490 e. The molecule has 0 aromatic heterocycles. The fourth-order valence-electron chi connectivity index (χ4n) is 1.72. The molecule has 0 spiro atoms. The van der Waals surface area contributed by atoms with Crippen molar-refractivity contribution in [2.45, 2.75) is 6.61 Å². The molecule has 20 heavy (non-hydrogen) atoms. The Bertz CT molecular complexity index is 609. The van der Waals surface area contributed by atoms with Gasteiger partial charge in [-0.25, -0.2) is 0 Å². The van der Waals surface area contributed by atoms with Crippen LogP contribution in [0.15, 0.2) is 42.5 Å². The molecule has 1 N–H and O–H groups in total. The van der Waals surface area contributed by atoms with E-state index in [-0.39, 0.29) is 23.8 Å². The van der Waals surface area contributed by atoms with Crippen molar-refractivity contribution < 1.29 is 19.5 Å². The largest absolute Gasteiger partial charge is 0.490 e. The molecule has 0 bridgehead atoms. The summed E-state index contributed by atoms with van der Waals surface area (Å²) < 4.78 is 10.5. The van der Waals surface area contributed by atoms with Crippen LogP contribution in [0.3, 0.4) is 0 Å². The molecule has 0 fully saturated rings. The Morgan fingerprint density at radius 3 is 2.35 bits per heavy atom. The van der Waals surface area contributed by atoms with Crippen molar-refractivity contribution in [2.75, 3.05) is 7.11 Å². The lowest BCUT2D eigenvalue weighted by Crippen LogP contribution is -1.97. The van der Waals surface area contributed by atoms with E-state index < -0.39 is 4.92 Å². The first-order valence-corrected chi connectivity index (χ1v) is 5.84. The van der Waals surface area contributed by atoms with Crippen molar-refractivity contribution in [2.24, 2.45) is 0 Å². The van der Waals surface area contributed by atoms with Gasteiger partial charge in [-0.05, 0) is 29.8 Å². The fourth-order valence-corrected chi connectivity index (χ4v) is 1.72. The molecule has 0 unspecified atom stereocenters. The van der Waals surface area contributed by atoms with Gasteiger partial charge in [-0.15, -0.1) is 0 Å². The predicted octanol–water partition coefficient (Wildman–Crippen LogP) is 2.89. The topological polar surface area (TPSA) is 81.8 Å². The zero-order valence-corrected chi connectivity index (χ0v) is 10.8. The lowest BCUT2D eigenvalue weighted by Gasteiger charge is -2.09. The third kappa shape index (κ3) is 2.86. The van der Waals surface area contributed by atoms with Crippen molar-refractivity contribution in [3.63, 3.8) is 0 Å². The van der Waals surface area contributed by atoms with Crippen LogP contribution in [0.25, 0.3) is 0 Å². The number of nitro groups is 1. The van der Waals surface area contributed by atoms with Crippen LogP contribution in [-0.4, -0.2) is 17.1 Å². The van der Waals surface area contributed by atoms with Crippen molar-refractivity contribution in [1.82, 2.24) is 0 Å². The third-order valence-corrected chi connectivity index (χ3v) is 2.70. The summed E-state index contributed by atoms with van der Waals surface area (Å²) in [6, 6.07) is 11.2. The second-order valence-corrected chi connectivity index (χ2v) is 3.97. The van der Waals surface area contributed by atoms with E-state index in [4.69, 9.17) is 14.6 Å². The van der Waals surface area contributed by atoms with Crippen LogP contribution < -0.4 is 9.47 Å². The zero-order chi connectivity index (χ0) is 14.5. The number of nitrogens with zero attached hydrogens (tertiary/aromatic N) is 1. The smallest absolute Gasteiger partial charge is 0.352 e.